The minimum atomic E-state index is -1.69. The number of aliphatic hydroxyl groups is 3. The molecule has 5 saturated heterocycles. The summed E-state index contributed by atoms with van der Waals surface area (Å²) in [7, 11) is -1.69. The van der Waals surface area contributed by atoms with E-state index in [4.69, 9.17) is 37.9 Å². The van der Waals surface area contributed by atoms with Crippen LogP contribution in [-0.2, 0) is 37.9 Å². The van der Waals surface area contributed by atoms with Gasteiger partial charge in [-0.15, -0.1) is 5.54 Å². The summed E-state index contributed by atoms with van der Waals surface area (Å²) < 4.78 is 45.8. The minimum Gasteiger partial charge on any atom is -0.412 e. The van der Waals surface area contributed by atoms with E-state index in [9.17, 15) is 15.3 Å². The molecule has 5 N–H and O–H groups in total. The molecule has 272 valence electrons. The van der Waals surface area contributed by atoms with Crippen LogP contribution in [-0.4, -0.2) is 115 Å². The number of hydrogen-bond donors (Lipinski definition) is 3. The largest absolute Gasteiger partial charge is 0.412 e. The van der Waals surface area contributed by atoms with E-state index in [2.05, 4.69) is 67.8 Å². The topological polar surface area (TPSA) is 166 Å². The van der Waals surface area contributed by atoms with Gasteiger partial charge in [0, 0.05) is 0 Å². The number of ether oxygens (including phenoxy) is 8. The van der Waals surface area contributed by atoms with Gasteiger partial charge in [0.1, 0.15) is 38.1 Å². The molecule has 48 heavy (non-hydrogen) atoms. The fourth-order valence-electron chi connectivity index (χ4n) is 5.96. The quantitative estimate of drug-likeness (QED) is 0.285. The molecule has 0 bridgehead atoms. The van der Waals surface area contributed by atoms with Gasteiger partial charge < -0.3 is 58.7 Å². The smallest absolute Gasteiger partial charge is 0.223 e. The van der Waals surface area contributed by atoms with E-state index < -0.39 is 74.1 Å². The second-order valence-corrected chi connectivity index (χ2v) is 17.5. The molecule has 0 radical (unpaired) electrons. The van der Waals surface area contributed by atoms with Crippen LogP contribution in [0.25, 0.3) is 0 Å². The van der Waals surface area contributed by atoms with Crippen molar-refractivity contribution in [1.29, 1.82) is 0 Å². The zero-order chi connectivity index (χ0) is 33.1. The van der Waals surface area contributed by atoms with Crippen molar-refractivity contribution >= 4 is 8.07 Å². The molecule has 9 atom stereocenters. The van der Waals surface area contributed by atoms with Gasteiger partial charge in [-0.2, -0.15) is 0 Å². The van der Waals surface area contributed by atoms with Crippen LogP contribution in [0.5, 0.6) is 0 Å². The van der Waals surface area contributed by atoms with E-state index in [0.717, 1.165) is 18.1 Å². The second kappa shape index (κ2) is 17.3. The monoisotopic (exact) mass is 696 g/mol. The molecule has 5 aliphatic rings. The zero-order valence-electron chi connectivity index (χ0n) is 27.9. The van der Waals surface area contributed by atoms with Crippen molar-refractivity contribution in [2.45, 2.75) is 154 Å². The molecule has 0 aromatic carbocycles. The van der Waals surface area contributed by atoms with E-state index in [1.54, 1.807) is 34.6 Å². The molecule has 0 aliphatic carbocycles. The first-order valence-corrected chi connectivity index (χ1v) is 18.1. The Bertz CT molecular complexity index is 1310. The van der Waals surface area contributed by atoms with Crippen molar-refractivity contribution in [2.75, 3.05) is 19.8 Å². The molecular formula is C35H56O12Si. The summed E-state index contributed by atoms with van der Waals surface area (Å²) in [4.78, 5) is 0. The third-order valence-electron chi connectivity index (χ3n) is 8.78. The van der Waals surface area contributed by atoms with Crippen molar-refractivity contribution < 1.29 is 58.7 Å². The first-order chi connectivity index (χ1) is 21.3. The molecule has 0 aromatic rings. The van der Waals surface area contributed by atoms with Gasteiger partial charge in [0.25, 0.3) is 0 Å². The number of hydrogen-bond acceptors (Lipinski definition) is 11. The molecule has 13 heteroatoms. The molecule has 5 heterocycles. The highest BCUT2D eigenvalue weighted by Gasteiger charge is 2.65. The standard InChI is InChI=1S/C17H18O6.C16H28O5Si.2CH4.H2O/c1-4-5-6-7-8-9-12-19-11-17(10-18)14(20-12)13-15(23-17)22-16(2,3)21-13;1-6-22(7-2,8-3)10-9-16(11-17)13(18)12-14(21-16)20-15(4,5)19-12;;;/h12-15,18H,10-11H2,1-3H3;12-14,17-18H,6-8,11H2,1-5H3;2*1H4;1H2/t12?,13?,14-,15+,17+;12?,13-,14+,16+;;;/m00.../s1. The maximum atomic E-state index is 10.6. The highest BCUT2D eigenvalue weighted by molar-refractivity contribution is 6.87. The summed E-state index contributed by atoms with van der Waals surface area (Å²) in [6, 6.07) is 3.16. The Morgan fingerprint density at radius 2 is 1.31 bits per heavy atom. The van der Waals surface area contributed by atoms with Crippen LogP contribution >= 0.6 is 0 Å². The van der Waals surface area contributed by atoms with Crippen molar-refractivity contribution in [3.63, 3.8) is 0 Å². The summed E-state index contributed by atoms with van der Waals surface area (Å²) in [6.45, 7) is 14.8. The van der Waals surface area contributed by atoms with E-state index in [1.807, 2.05) is 0 Å². The van der Waals surface area contributed by atoms with E-state index in [1.165, 1.54) is 0 Å². The predicted molar refractivity (Wildman–Crippen MR) is 181 cm³/mol. The van der Waals surface area contributed by atoms with Crippen LogP contribution in [0.1, 0.15) is 70.2 Å². The Balaban J connectivity index is 0.000000452. The van der Waals surface area contributed by atoms with E-state index >= 15 is 0 Å². The number of fused-ring (bicyclic) bond motifs is 4. The van der Waals surface area contributed by atoms with E-state index in [-0.39, 0.29) is 40.2 Å². The van der Waals surface area contributed by atoms with Crippen molar-refractivity contribution in [3.05, 3.63) is 0 Å². The van der Waals surface area contributed by atoms with Crippen molar-refractivity contribution in [1.82, 2.24) is 0 Å². The lowest BCUT2D eigenvalue weighted by Gasteiger charge is -2.40. The van der Waals surface area contributed by atoms with Gasteiger partial charge in [0.15, 0.2) is 29.8 Å². The third-order valence-corrected chi connectivity index (χ3v) is 13.5. The predicted octanol–water partition coefficient (Wildman–Crippen LogP) is 2.08. The molecular weight excluding hydrogens is 640 g/mol. The fourth-order valence-corrected chi connectivity index (χ4v) is 8.47. The fraction of sp³-hybridized carbons (Fsp3) is 0.771. The Kier molecular flexibility index (Phi) is 15.8. The Morgan fingerprint density at radius 1 is 0.750 bits per heavy atom. The summed E-state index contributed by atoms with van der Waals surface area (Å²) in [6.07, 6.45) is -4.66. The lowest BCUT2D eigenvalue weighted by Crippen LogP contribution is -2.58. The van der Waals surface area contributed by atoms with Crippen LogP contribution in [0.3, 0.4) is 0 Å². The van der Waals surface area contributed by atoms with Gasteiger partial charge in [-0.3, -0.25) is 0 Å². The maximum Gasteiger partial charge on any atom is 0.223 e. The minimum absolute atomic E-state index is 0. The number of rotatable bonds is 5. The molecule has 5 aliphatic heterocycles. The van der Waals surface area contributed by atoms with Gasteiger partial charge in [0.2, 0.25) is 6.29 Å². The molecule has 0 aromatic heterocycles. The SMILES string of the molecule is C.C.CC#CC#CC#CC1OC[C@@]2(CO)O[C@H]3OC(C)(C)OC3[C@@H]2O1.CC[Si](C#C[C@]1(CO)O[C@H]2OC(C)(C)OC2[C@@H]1O)(CC)CC.O. The normalized spacial score (nSPS) is 35.9. The molecule has 5 fully saturated rings. The highest BCUT2D eigenvalue weighted by atomic mass is 28.3. The van der Waals surface area contributed by atoms with Gasteiger partial charge in [-0.25, -0.2) is 0 Å². The Morgan fingerprint density at radius 3 is 1.83 bits per heavy atom. The van der Waals surface area contributed by atoms with Crippen molar-refractivity contribution in [3.8, 4) is 47.0 Å². The average molecular weight is 697 g/mol. The molecule has 3 unspecified atom stereocenters. The lowest BCUT2D eigenvalue weighted by atomic mass is 9.96. The molecule has 0 amide bonds. The second-order valence-electron chi connectivity index (χ2n) is 12.6. The van der Waals surface area contributed by atoms with Crippen LogP contribution in [0, 0.1) is 47.0 Å². The zero-order valence-corrected chi connectivity index (χ0v) is 28.9. The third kappa shape index (κ3) is 9.00. The van der Waals surface area contributed by atoms with Crippen LogP contribution < -0.4 is 0 Å². The first-order valence-electron chi connectivity index (χ1n) is 15.5. The average Bonchev–Trinajstić information content (AvgIpc) is 3.67. The summed E-state index contributed by atoms with van der Waals surface area (Å²) in [5.74, 6) is 17.3. The molecule has 12 nitrogen and oxygen atoms in total. The van der Waals surface area contributed by atoms with Crippen LogP contribution in [0.15, 0.2) is 0 Å². The Labute approximate surface area is 287 Å². The summed E-state index contributed by atoms with van der Waals surface area (Å²) >= 11 is 0. The van der Waals surface area contributed by atoms with Crippen LogP contribution in [0.4, 0.5) is 0 Å². The highest BCUT2D eigenvalue weighted by Crippen LogP contribution is 2.46. The maximum absolute atomic E-state index is 10.6. The lowest BCUT2D eigenvalue weighted by molar-refractivity contribution is -0.310. The molecule has 0 spiro atoms. The van der Waals surface area contributed by atoms with Gasteiger partial charge in [-0.05, 0) is 82.4 Å². The summed E-state index contributed by atoms with van der Waals surface area (Å²) in [5, 5.41) is 30.1. The van der Waals surface area contributed by atoms with Crippen LogP contribution in [0.2, 0.25) is 18.1 Å². The number of aliphatic hydroxyl groups excluding tert-OH is 3. The molecule has 5 rings (SSSR count). The first kappa shape index (κ1) is 44.0. The molecule has 0 saturated carbocycles. The van der Waals surface area contributed by atoms with Crippen molar-refractivity contribution in [2.24, 2.45) is 0 Å². The van der Waals surface area contributed by atoms with Gasteiger partial charge in [0.05, 0.1) is 19.8 Å². The van der Waals surface area contributed by atoms with Gasteiger partial charge in [-0.1, -0.05) is 47.5 Å². The summed E-state index contributed by atoms with van der Waals surface area (Å²) in [5.41, 5.74) is 1.09. The Hall–Kier alpha value is -2.02. The van der Waals surface area contributed by atoms with E-state index in [0.29, 0.717) is 0 Å². The van der Waals surface area contributed by atoms with Gasteiger partial charge >= 0.3 is 0 Å².